The van der Waals surface area contributed by atoms with E-state index in [4.69, 9.17) is 23.2 Å². The van der Waals surface area contributed by atoms with Gasteiger partial charge in [0.05, 0.1) is 5.56 Å². The summed E-state index contributed by atoms with van der Waals surface area (Å²) in [4.78, 5) is 12.4. The number of amides is 1. The van der Waals surface area contributed by atoms with E-state index >= 15 is 0 Å². The van der Waals surface area contributed by atoms with Crippen LogP contribution in [0.4, 0.5) is 11.4 Å². The highest BCUT2D eigenvalue weighted by molar-refractivity contribution is 6.32. The molecule has 0 aliphatic heterocycles. The van der Waals surface area contributed by atoms with Crippen LogP contribution in [-0.2, 0) is 0 Å². The number of hydrogen-bond acceptors (Lipinski definition) is 2. The highest BCUT2D eigenvalue weighted by atomic mass is 35.5. The Kier molecular flexibility index (Phi) is 5.10. The van der Waals surface area contributed by atoms with Crippen molar-refractivity contribution in [1.82, 2.24) is 0 Å². The lowest BCUT2D eigenvalue weighted by Crippen LogP contribution is -2.15. The number of carbonyl (C=O) groups excluding carboxylic acids is 1. The Morgan fingerprint density at radius 1 is 1.14 bits per heavy atom. The molecule has 0 saturated heterocycles. The van der Waals surface area contributed by atoms with Crippen LogP contribution in [0.5, 0.6) is 0 Å². The van der Waals surface area contributed by atoms with Gasteiger partial charge >= 0.3 is 0 Å². The minimum absolute atomic E-state index is 0.228. The molecular formula is C16H16Cl2N2O. The Labute approximate surface area is 134 Å². The minimum atomic E-state index is -0.228. The average molecular weight is 323 g/mol. The zero-order valence-electron chi connectivity index (χ0n) is 11.8. The van der Waals surface area contributed by atoms with Gasteiger partial charge < -0.3 is 10.6 Å². The lowest BCUT2D eigenvalue weighted by atomic mass is 10.1. The van der Waals surface area contributed by atoms with E-state index in [1.54, 1.807) is 24.3 Å². The van der Waals surface area contributed by atoms with E-state index in [1.165, 1.54) is 0 Å². The van der Waals surface area contributed by atoms with Gasteiger partial charge in [-0.15, -0.1) is 0 Å². The maximum atomic E-state index is 12.4. The number of carbonyl (C=O) groups is 1. The molecule has 0 heterocycles. The Hall–Kier alpha value is -1.71. The van der Waals surface area contributed by atoms with Gasteiger partial charge in [-0.05, 0) is 49.7 Å². The molecule has 1 amide bonds. The smallest absolute Gasteiger partial charge is 0.257 e. The van der Waals surface area contributed by atoms with Crippen LogP contribution in [0, 0.1) is 6.92 Å². The van der Waals surface area contributed by atoms with E-state index in [-0.39, 0.29) is 5.91 Å². The van der Waals surface area contributed by atoms with Crippen LogP contribution in [0.2, 0.25) is 10.0 Å². The molecule has 0 spiro atoms. The second-order valence-electron chi connectivity index (χ2n) is 4.64. The summed E-state index contributed by atoms with van der Waals surface area (Å²) in [6, 6.07) is 10.6. The van der Waals surface area contributed by atoms with Gasteiger partial charge in [0.1, 0.15) is 0 Å². The van der Waals surface area contributed by atoms with Crippen molar-refractivity contribution < 1.29 is 4.79 Å². The molecule has 110 valence electrons. The predicted molar refractivity (Wildman–Crippen MR) is 89.8 cm³/mol. The van der Waals surface area contributed by atoms with Crippen molar-refractivity contribution >= 4 is 40.5 Å². The number of halogens is 2. The molecule has 0 radical (unpaired) electrons. The topological polar surface area (TPSA) is 41.1 Å². The zero-order valence-corrected chi connectivity index (χ0v) is 13.3. The minimum Gasteiger partial charge on any atom is -0.385 e. The summed E-state index contributed by atoms with van der Waals surface area (Å²) in [6.45, 7) is 4.60. The monoisotopic (exact) mass is 322 g/mol. The first-order valence-electron chi connectivity index (χ1n) is 6.62. The van der Waals surface area contributed by atoms with E-state index in [0.717, 1.165) is 17.8 Å². The quantitative estimate of drug-likeness (QED) is 0.832. The Morgan fingerprint density at radius 2 is 1.90 bits per heavy atom. The van der Waals surface area contributed by atoms with Crippen LogP contribution in [0.15, 0.2) is 36.4 Å². The second kappa shape index (κ2) is 6.83. The number of aryl methyl sites for hydroxylation is 1. The molecule has 0 bridgehead atoms. The summed E-state index contributed by atoms with van der Waals surface area (Å²) >= 11 is 12.0. The van der Waals surface area contributed by atoms with Crippen molar-refractivity contribution in [2.75, 3.05) is 17.2 Å². The molecule has 0 aromatic heterocycles. The van der Waals surface area contributed by atoms with Crippen molar-refractivity contribution in [3.63, 3.8) is 0 Å². The first kappa shape index (κ1) is 15.7. The number of benzene rings is 2. The summed E-state index contributed by atoms with van der Waals surface area (Å²) in [5.41, 5.74) is 2.86. The third-order valence-electron chi connectivity index (χ3n) is 3.02. The van der Waals surface area contributed by atoms with Gasteiger partial charge in [0.15, 0.2) is 0 Å². The molecule has 0 aliphatic rings. The zero-order chi connectivity index (χ0) is 15.4. The molecule has 21 heavy (non-hydrogen) atoms. The van der Waals surface area contributed by atoms with Crippen molar-refractivity contribution in [1.29, 1.82) is 0 Å². The van der Waals surface area contributed by atoms with Gasteiger partial charge in [-0.1, -0.05) is 29.3 Å². The normalized spacial score (nSPS) is 10.3. The summed E-state index contributed by atoms with van der Waals surface area (Å²) in [7, 11) is 0. The van der Waals surface area contributed by atoms with Gasteiger partial charge in [-0.2, -0.15) is 0 Å². The van der Waals surface area contributed by atoms with E-state index in [2.05, 4.69) is 10.6 Å². The lowest BCUT2D eigenvalue weighted by molar-refractivity contribution is 0.102. The predicted octanol–water partition coefficient (Wildman–Crippen LogP) is 4.99. The fraction of sp³-hybridized carbons (Fsp3) is 0.188. The standard InChI is InChI=1S/C16H16Cl2N2O/c1-3-19-15-7-5-11(17)8-13(15)16(21)20-12-6-4-10(2)14(18)9-12/h4-9,19H,3H2,1-2H3,(H,20,21). The van der Waals surface area contributed by atoms with Gasteiger partial charge in [0.25, 0.3) is 5.91 Å². The molecular weight excluding hydrogens is 307 g/mol. The third-order valence-corrected chi connectivity index (χ3v) is 3.67. The Balaban J connectivity index is 2.27. The van der Waals surface area contributed by atoms with Crippen LogP contribution >= 0.6 is 23.2 Å². The molecule has 0 fully saturated rings. The average Bonchev–Trinajstić information content (AvgIpc) is 2.45. The number of anilines is 2. The molecule has 0 unspecified atom stereocenters. The molecule has 0 atom stereocenters. The van der Waals surface area contributed by atoms with E-state index in [1.807, 2.05) is 26.0 Å². The summed E-state index contributed by atoms with van der Waals surface area (Å²) < 4.78 is 0. The fourth-order valence-corrected chi connectivity index (χ4v) is 2.27. The second-order valence-corrected chi connectivity index (χ2v) is 5.48. The summed E-state index contributed by atoms with van der Waals surface area (Å²) in [5, 5.41) is 7.11. The maximum absolute atomic E-state index is 12.4. The van der Waals surface area contributed by atoms with Crippen molar-refractivity contribution in [3.8, 4) is 0 Å². The van der Waals surface area contributed by atoms with Gasteiger partial charge in [-0.3, -0.25) is 4.79 Å². The van der Waals surface area contributed by atoms with Gasteiger partial charge in [0, 0.05) is 28.0 Å². The lowest BCUT2D eigenvalue weighted by Gasteiger charge is -2.12. The highest BCUT2D eigenvalue weighted by Gasteiger charge is 2.12. The van der Waals surface area contributed by atoms with E-state index in [0.29, 0.717) is 21.3 Å². The highest BCUT2D eigenvalue weighted by Crippen LogP contribution is 2.24. The molecule has 0 saturated carbocycles. The van der Waals surface area contributed by atoms with E-state index in [9.17, 15) is 4.79 Å². The third kappa shape index (κ3) is 3.90. The molecule has 2 rings (SSSR count). The molecule has 2 N–H and O–H groups in total. The largest absolute Gasteiger partial charge is 0.385 e. The van der Waals surface area contributed by atoms with Crippen LogP contribution in [0.1, 0.15) is 22.8 Å². The Morgan fingerprint density at radius 3 is 2.57 bits per heavy atom. The molecule has 0 aliphatic carbocycles. The fourth-order valence-electron chi connectivity index (χ4n) is 1.92. The summed E-state index contributed by atoms with van der Waals surface area (Å²) in [6.07, 6.45) is 0. The molecule has 2 aromatic carbocycles. The van der Waals surface area contributed by atoms with Crippen molar-refractivity contribution in [3.05, 3.63) is 57.6 Å². The first-order valence-corrected chi connectivity index (χ1v) is 7.37. The molecule has 3 nitrogen and oxygen atoms in total. The van der Waals surface area contributed by atoms with Crippen molar-refractivity contribution in [2.24, 2.45) is 0 Å². The number of nitrogens with one attached hydrogen (secondary N) is 2. The van der Waals surface area contributed by atoms with Crippen LogP contribution in [0.3, 0.4) is 0 Å². The Bertz CT molecular complexity index is 671. The van der Waals surface area contributed by atoms with Gasteiger partial charge in [-0.25, -0.2) is 0 Å². The number of rotatable bonds is 4. The van der Waals surface area contributed by atoms with Crippen LogP contribution in [0.25, 0.3) is 0 Å². The summed E-state index contributed by atoms with van der Waals surface area (Å²) in [5.74, 6) is -0.228. The number of hydrogen-bond donors (Lipinski definition) is 2. The van der Waals surface area contributed by atoms with Crippen LogP contribution in [-0.4, -0.2) is 12.5 Å². The van der Waals surface area contributed by atoms with Crippen molar-refractivity contribution in [2.45, 2.75) is 13.8 Å². The van der Waals surface area contributed by atoms with Gasteiger partial charge in [0.2, 0.25) is 0 Å². The maximum Gasteiger partial charge on any atom is 0.257 e. The molecule has 5 heteroatoms. The van der Waals surface area contributed by atoms with Crippen LogP contribution < -0.4 is 10.6 Å². The SMILES string of the molecule is CCNc1ccc(Cl)cc1C(=O)Nc1ccc(C)c(Cl)c1. The van der Waals surface area contributed by atoms with E-state index < -0.39 is 0 Å². The molecule has 2 aromatic rings. The first-order chi connectivity index (χ1) is 10.0.